The molecular formula is C24H18N2Na2. The van der Waals surface area contributed by atoms with Crippen molar-refractivity contribution in [2.24, 2.45) is 0 Å². The van der Waals surface area contributed by atoms with Gasteiger partial charge in [0.1, 0.15) is 0 Å². The summed E-state index contributed by atoms with van der Waals surface area (Å²) in [7, 11) is 0. The summed E-state index contributed by atoms with van der Waals surface area (Å²) in [4.78, 5) is 9.34. The summed E-state index contributed by atoms with van der Waals surface area (Å²) in [5.41, 5.74) is 6.65. The van der Waals surface area contributed by atoms with Crippen LogP contribution in [0.5, 0.6) is 0 Å². The Morgan fingerprint density at radius 1 is 0.464 bits per heavy atom. The van der Waals surface area contributed by atoms with Crippen LogP contribution >= 0.6 is 0 Å². The molecule has 0 aliphatic carbocycles. The van der Waals surface area contributed by atoms with Crippen LogP contribution in [0.25, 0.3) is 44.1 Å². The van der Waals surface area contributed by atoms with Gasteiger partial charge < -0.3 is 2.85 Å². The van der Waals surface area contributed by atoms with E-state index >= 15 is 0 Å². The first-order chi connectivity index (χ1) is 12.9. The number of rotatable bonds is 2. The smallest absolute Gasteiger partial charge is 1.00 e. The van der Waals surface area contributed by atoms with Crippen molar-refractivity contribution < 1.29 is 62.0 Å². The quantitative estimate of drug-likeness (QED) is 0.326. The van der Waals surface area contributed by atoms with Gasteiger partial charge in [0.2, 0.25) is 0 Å². The largest absolute Gasteiger partial charge is 1.00 e. The molecular weight excluding hydrogens is 362 g/mol. The average Bonchev–Trinajstić information content (AvgIpc) is 2.74. The average molecular weight is 380 g/mol. The molecule has 0 N–H and O–H groups in total. The monoisotopic (exact) mass is 380 g/mol. The molecule has 0 fully saturated rings. The topological polar surface area (TPSA) is 25.8 Å². The first-order valence-electron chi connectivity index (χ1n) is 8.69. The Morgan fingerprint density at radius 3 is 1.25 bits per heavy atom. The molecule has 2 aromatic heterocycles. The maximum absolute atomic E-state index is 4.67. The Bertz CT molecular complexity index is 1140. The second kappa shape index (κ2) is 9.32. The van der Waals surface area contributed by atoms with Crippen molar-refractivity contribution in [3.8, 4) is 22.3 Å². The second-order valence-electron chi connectivity index (χ2n) is 6.31. The van der Waals surface area contributed by atoms with Crippen molar-refractivity contribution in [1.82, 2.24) is 9.97 Å². The number of hydrogen-bond donors (Lipinski definition) is 0. The van der Waals surface area contributed by atoms with Crippen molar-refractivity contribution in [2.75, 3.05) is 0 Å². The van der Waals surface area contributed by atoms with Gasteiger partial charge in [0.25, 0.3) is 0 Å². The zero-order chi connectivity index (χ0) is 17.3. The van der Waals surface area contributed by atoms with Crippen LogP contribution in [0.4, 0.5) is 0 Å². The summed E-state index contributed by atoms with van der Waals surface area (Å²) in [5.74, 6) is 0. The molecule has 0 radical (unpaired) electrons. The Labute approximate surface area is 211 Å². The normalized spacial score (nSPS) is 10.3. The number of benzene rings is 3. The van der Waals surface area contributed by atoms with E-state index in [0.29, 0.717) is 0 Å². The van der Waals surface area contributed by atoms with E-state index in [1.807, 2.05) is 24.5 Å². The molecule has 5 rings (SSSR count). The number of pyridine rings is 2. The Morgan fingerprint density at radius 2 is 0.857 bits per heavy atom. The van der Waals surface area contributed by atoms with E-state index in [1.165, 1.54) is 22.3 Å². The zero-order valence-electron chi connectivity index (χ0n) is 18.1. The molecule has 4 heteroatoms. The third kappa shape index (κ3) is 3.81. The minimum absolute atomic E-state index is 0. The molecule has 0 bridgehead atoms. The molecule has 0 saturated carbocycles. The number of hydrogen-bond acceptors (Lipinski definition) is 2. The fraction of sp³-hybridized carbons (Fsp3) is 0. The summed E-state index contributed by atoms with van der Waals surface area (Å²) >= 11 is 0. The van der Waals surface area contributed by atoms with Gasteiger partial charge in [0.15, 0.2) is 0 Å². The van der Waals surface area contributed by atoms with E-state index in [-0.39, 0.29) is 62.0 Å². The minimum atomic E-state index is 0. The van der Waals surface area contributed by atoms with Gasteiger partial charge in [-0.3, -0.25) is 9.97 Å². The van der Waals surface area contributed by atoms with Crippen LogP contribution in [0.15, 0.2) is 97.3 Å². The van der Waals surface area contributed by atoms with E-state index in [0.717, 1.165) is 21.8 Å². The van der Waals surface area contributed by atoms with Gasteiger partial charge in [-0.15, -0.1) is 0 Å². The first kappa shape index (κ1) is 21.2. The predicted octanol–water partition coefficient (Wildman–Crippen LogP) is 0.350. The van der Waals surface area contributed by atoms with E-state index in [4.69, 9.17) is 0 Å². The van der Waals surface area contributed by atoms with Crippen LogP contribution in [-0.4, -0.2) is 9.97 Å². The van der Waals surface area contributed by atoms with Gasteiger partial charge in [0, 0.05) is 23.2 Å². The third-order valence-electron chi connectivity index (χ3n) is 4.79. The first-order valence-corrected chi connectivity index (χ1v) is 8.69. The summed E-state index contributed by atoms with van der Waals surface area (Å²) < 4.78 is 0. The molecule has 2 nitrogen and oxygen atoms in total. The SMILES string of the molecule is [H-].[H-].[Na+].[Na+].c1ccc(-c2ccnc3c2ccc2c(-c4ccccc4)ccnc23)cc1. The number of nitrogens with zero attached hydrogens (tertiary/aromatic N) is 2. The number of aromatic nitrogens is 2. The van der Waals surface area contributed by atoms with Crippen LogP contribution < -0.4 is 59.1 Å². The molecule has 0 spiro atoms. The predicted molar refractivity (Wildman–Crippen MR) is 110 cm³/mol. The summed E-state index contributed by atoms with van der Waals surface area (Å²) in [6.07, 6.45) is 3.75. The van der Waals surface area contributed by atoms with E-state index < -0.39 is 0 Å². The number of fused-ring (bicyclic) bond motifs is 3. The molecule has 0 aliphatic heterocycles. The molecule has 0 aliphatic rings. The molecule has 0 unspecified atom stereocenters. The minimum Gasteiger partial charge on any atom is -1.00 e. The maximum Gasteiger partial charge on any atom is 1.00 e. The van der Waals surface area contributed by atoms with Gasteiger partial charge in [-0.1, -0.05) is 72.8 Å². The van der Waals surface area contributed by atoms with Crippen molar-refractivity contribution in [3.05, 3.63) is 97.3 Å². The maximum atomic E-state index is 4.67. The molecule has 5 aromatic rings. The Balaban J connectivity index is 0.00000112. The van der Waals surface area contributed by atoms with Crippen LogP contribution in [0.3, 0.4) is 0 Å². The molecule has 0 saturated heterocycles. The molecule has 0 atom stereocenters. The van der Waals surface area contributed by atoms with E-state index in [9.17, 15) is 0 Å². The standard InChI is InChI=1S/C24H16N2.2Na.2H/c1-3-7-17(8-4-1)19-13-15-25-23-21(19)11-12-22-20(14-16-26-24(22)23)18-9-5-2-6-10-18;;;;/h1-16H;;;;/q;2*+1;2*-1. The van der Waals surface area contributed by atoms with E-state index in [2.05, 4.69) is 82.8 Å². The molecule has 2 heterocycles. The fourth-order valence-electron chi connectivity index (χ4n) is 3.57. The van der Waals surface area contributed by atoms with Gasteiger partial charge >= 0.3 is 59.1 Å². The van der Waals surface area contributed by atoms with Crippen molar-refractivity contribution in [2.45, 2.75) is 0 Å². The molecule has 0 amide bonds. The van der Waals surface area contributed by atoms with Crippen LogP contribution in [0, 0.1) is 0 Å². The van der Waals surface area contributed by atoms with Gasteiger partial charge in [-0.25, -0.2) is 0 Å². The zero-order valence-corrected chi connectivity index (χ0v) is 20.1. The molecule has 126 valence electrons. The summed E-state index contributed by atoms with van der Waals surface area (Å²) in [6.45, 7) is 0. The summed E-state index contributed by atoms with van der Waals surface area (Å²) in [6, 6.07) is 29.3. The third-order valence-corrected chi connectivity index (χ3v) is 4.79. The van der Waals surface area contributed by atoms with Crippen molar-refractivity contribution in [3.63, 3.8) is 0 Å². The summed E-state index contributed by atoms with van der Waals surface area (Å²) in [5, 5.41) is 2.26. The fourth-order valence-corrected chi connectivity index (χ4v) is 3.57. The van der Waals surface area contributed by atoms with Crippen LogP contribution in [-0.2, 0) is 0 Å². The van der Waals surface area contributed by atoms with Gasteiger partial charge in [-0.2, -0.15) is 0 Å². The van der Waals surface area contributed by atoms with E-state index in [1.54, 1.807) is 0 Å². The Hall–Kier alpha value is -1.52. The van der Waals surface area contributed by atoms with Gasteiger partial charge in [0.05, 0.1) is 11.0 Å². The second-order valence-corrected chi connectivity index (χ2v) is 6.31. The van der Waals surface area contributed by atoms with Crippen LogP contribution in [0.2, 0.25) is 0 Å². The molecule has 28 heavy (non-hydrogen) atoms. The van der Waals surface area contributed by atoms with Crippen LogP contribution in [0.1, 0.15) is 2.85 Å². The van der Waals surface area contributed by atoms with Crippen molar-refractivity contribution >= 4 is 21.8 Å². The van der Waals surface area contributed by atoms with Gasteiger partial charge in [-0.05, 0) is 34.4 Å². The van der Waals surface area contributed by atoms with Crippen molar-refractivity contribution in [1.29, 1.82) is 0 Å². The molecule has 3 aromatic carbocycles. The Kier molecular flexibility index (Phi) is 7.05.